The lowest BCUT2D eigenvalue weighted by Crippen LogP contribution is -2.60. The van der Waals surface area contributed by atoms with E-state index in [0.29, 0.717) is 17.3 Å². The molecule has 2 aromatic rings. The van der Waals surface area contributed by atoms with E-state index in [1.807, 2.05) is 31.2 Å². The van der Waals surface area contributed by atoms with Crippen LogP contribution in [-0.4, -0.2) is 21.7 Å². The van der Waals surface area contributed by atoms with Crippen molar-refractivity contribution in [3.05, 3.63) is 34.6 Å². The smallest absolute Gasteiger partial charge is 0.291 e. The van der Waals surface area contributed by atoms with Crippen molar-refractivity contribution in [3.63, 3.8) is 0 Å². The van der Waals surface area contributed by atoms with Crippen molar-refractivity contribution < 1.29 is 9.48 Å². The standard InChI is InChI=1S/C19H24N4O2S/c1-4-6-9-12-26-19-20-18(25)17-14-10-7-8-11-15(14)22(13(3)24)16(5-2)23(17)21-19/h7-8,10-11,16H,4-6,9,12H2,1-3H3/p+1. The van der Waals surface area contributed by atoms with Gasteiger partial charge in [0.05, 0.1) is 11.3 Å². The summed E-state index contributed by atoms with van der Waals surface area (Å²) >= 11 is 1.56. The number of nitrogens with zero attached hydrogens (tertiary/aromatic N) is 3. The lowest BCUT2D eigenvalue weighted by atomic mass is 10.0. The van der Waals surface area contributed by atoms with Gasteiger partial charge in [0.2, 0.25) is 11.1 Å². The summed E-state index contributed by atoms with van der Waals surface area (Å²) in [7, 11) is 0. The number of anilines is 1. The zero-order valence-corrected chi connectivity index (χ0v) is 16.3. The molecule has 1 aromatic heterocycles. The van der Waals surface area contributed by atoms with Crippen molar-refractivity contribution in [3.8, 4) is 11.3 Å². The molecule has 138 valence electrons. The van der Waals surface area contributed by atoms with Gasteiger partial charge < -0.3 is 0 Å². The number of para-hydroxylation sites is 1. The summed E-state index contributed by atoms with van der Waals surface area (Å²) < 4.78 is 1.73. The molecule has 0 spiro atoms. The predicted molar refractivity (Wildman–Crippen MR) is 103 cm³/mol. The Balaban J connectivity index is 2.09. The highest BCUT2D eigenvalue weighted by atomic mass is 32.2. The number of aromatic nitrogens is 3. The number of benzene rings is 1. The van der Waals surface area contributed by atoms with Gasteiger partial charge in [-0.2, -0.15) is 0 Å². The fraction of sp³-hybridized carbons (Fsp3) is 0.474. The molecule has 26 heavy (non-hydrogen) atoms. The van der Waals surface area contributed by atoms with Gasteiger partial charge >= 0.3 is 11.3 Å². The SMILES string of the molecule is CCCCCSc1n[n+]2c(c(=O)[nH]1)-c1ccccc1N(C(C)=O)C2CC. The van der Waals surface area contributed by atoms with E-state index in [-0.39, 0.29) is 17.6 Å². The molecule has 1 N–H and O–H groups in total. The van der Waals surface area contributed by atoms with Gasteiger partial charge in [0, 0.05) is 24.2 Å². The molecule has 1 amide bonds. The first kappa shape index (κ1) is 18.6. The molecule has 1 aromatic carbocycles. The van der Waals surface area contributed by atoms with Crippen molar-refractivity contribution in [2.45, 2.75) is 57.8 Å². The number of H-pyrrole nitrogens is 1. The second-order valence-electron chi connectivity index (χ2n) is 6.40. The van der Waals surface area contributed by atoms with E-state index < -0.39 is 0 Å². The van der Waals surface area contributed by atoms with Gasteiger partial charge in [-0.1, -0.05) is 55.3 Å². The molecule has 0 aliphatic carbocycles. The molecule has 0 radical (unpaired) electrons. The first-order chi connectivity index (χ1) is 12.6. The van der Waals surface area contributed by atoms with E-state index >= 15 is 0 Å². The average Bonchev–Trinajstić information content (AvgIpc) is 2.63. The molecule has 0 saturated heterocycles. The topological polar surface area (TPSA) is 69.9 Å². The number of carbonyl (C=O) groups is 1. The van der Waals surface area contributed by atoms with Gasteiger partial charge in [-0.3, -0.25) is 19.5 Å². The molecular formula is C19H25N4O2S+. The van der Waals surface area contributed by atoms with Crippen LogP contribution in [0.25, 0.3) is 11.3 Å². The van der Waals surface area contributed by atoms with E-state index in [0.717, 1.165) is 29.8 Å². The maximum atomic E-state index is 12.8. The third-order valence-corrected chi connectivity index (χ3v) is 5.50. The van der Waals surface area contributed by atoms with Crippen molar-refractivity contribution in [2.24, 2.45) is 0 Å². The van der Waals surface area contributed by atoms with Crippen LogP contribution in [0.2, 0.25) is 0 Å². The zero-order valence-electron chi connectivity index (χ0n) is 15.5. The first-order valence-corrected chi connectivity index (χ1v) is 10.1. The molecule has 1 aliphatic rings. The minimum Gasteiger partial charge on any atom is -0.291 e. The Morgan fingerprint density at radius 3 is 2.77 bits per heavy atom. The van der Waals surface area contributed by atoms with Gasteiger partial charge in [-0.25, -0.2) is 0 Å². The average molecular weight is 374 g/mol. The number of hydrogen-bond donors (Lipinski definition) is 1. The Hall–Kier alpha value is -2.15. The van der Waals surface area contributed by atoms with Crippen LogP contribution in [0.15, 0.2) is 34.2 Å². The molecule has 7 heteroatoms. The highest BCUT2D eigenvalue weighted by molar-refractivity contribution is 7.99. The number of carbonyl (C=O) groups excluding carboxylic acids is 1. The summed E-state index contributed by atoms with van der Waals surface area (Å²) in [5, 5.41) is 5.29. The minimum absolute atomic E-state index is 0.0540. The monoisotopic (exact) mass is 373 g/mol. The minimum atomic E-state index is -0.297. The molecule has 3 rings (SSSR count). The third-order valence-electron chi connectivity index (χ3n) is 4.55. The molecule has 1 unspecified atom stereocenters. The van der Waals surface area contributed by atoms with Gasteiger partial charge in [0.1, 0.15) is 0 Å². The molecular weight excluding hydrogens is 348 g/mol. The van der Waals surface area contributed by atoms with E-state index in [1.165, 1.54) is 6.42 Å². The normalized spacial score (nSPS) is 15.5. The number of rotatable bonds is 6. The van der Waals surface area contributed by atoms with Crippen LogP contribution in [0.1, 0.15) is 52.6 Å². The Morgan fingerprint density at radius 1 is 1.31 bits per heavy atom. The van der Waals surface area contributed by atoms with Crippen molar-refractivity contribution in [1.29, 1.82) is 0 Å². The highest BCUT2D eigenvalue weighted by Gasteiger charge is 2.42. The van der Waals surface area contributed by atoms with E-state index in [2.05, 4.69) is 17.0 Å². The number of aromatic amines is 1. The summed E-state index contributed by atoms with van der Waals surface area (Å²) in [6, 6.07) is 7.51. The number of nitrogens with one attached hydrogen (secondary N) is 1. The first-order valence-electron chi connectivity index (χ1n) is 9.16. The number of fused-ring (bicyclic) bond motifs is 3. The molecule has 2 heterocycles. The van der Waals surface area contributed by atoms with E-state index in [4.69, 9.17) is 0 Å². The second-order valence-corrected chi connectivity index (χ2v) is 7.49. The lowest BCUT2D eigenvalue weighted by molar-refractivity contribution is -0.771. The molecule has 0 saturated carbocycles. The summed E-state index contributed by atoms with van der Waals surface area (Å²) in [6.07, 6.45) is 3.79. The van der Waals surface area contributed by atoms with Crippen LogP contribution in [-0.2, 0) is 4.79 Å². The van der Waals surface area contributed by atoms with Gasteiger partial charge in [0.15, 0.2) is 0 Å². The maximum Gasteiger partial charge on any atom is 0.325 e. The van der Waals surface area contributed by atoms with E-state index in [9.17, 15) is 9.59 Å². The van der Waals surface area contributed by atoms with Gasteiger partial charge in [0.25, 0.3) is 6.17 Å². The summed E-state index contributed by atoms with van der Waals surface area (Å²) in [4.78, 5) is 29.8. The molecule has 1 aliphatic heterocycles. The zero-order chi connectivity index (χ0) is 18.7. The Morgan fingerprint density at radius 2 is 2.08 bits per heavy atom. The van der Waals surface area contributed by atoms with E-state index in [1.54, 1.807) is 28.3 Å². The summed E-state index contributed by atoms with van der Waals surface area (Å²) in [6.45, 7) is 5.72. The maximum absolute atomic E-state index is 12.8. The second kappa shape index (κ2) is 8.03. The Bertz CT molecular complexity index is 865. The third kappa shape index (κ3) is 3.40. The number of amides is 1. The fourth-order valence-corrected chi connectivity index (χ4v) is 4.22. The van der Waals surface area contributed by atoms with Crippen molar-refractivity contribution in [1.82, 2.24) is 10.1 Å². The van der Waals surface area contributed by atoms with Crippen LogP contribution in [0, 0.1) is 0 Å². The molecule has 0 fully saturated rings. The van der Waals surface area contributed by atoms with Crippen LogP contribution in [0.5, 0.6) is 0 Å². The van der Waals surface area contributed by atoms with Crippen LogP contribution < -0.4 is 15.1 Å². The quantitative estimate of drug-likeness (QED) is 0.479. The largest absolute Gasteiger partial charge is 0.325 e. The Labute approximate surface area is 157 Å². The fourth-order valence-electron chi connectivity index (χ4n) is 3.37. The summed E-state index contributed by atoms with van der Waals surface area (Å²) in [5.74, 6) is 0.863. The van der Waals surface area contributed by atoms with Crippen molar-refractivity contribution >= 4 is 23.4 Å². The van der Waals surface area contributed by atoms with Gasteiger partial charge in [-0.05, 0) is 18.6 Å². The van der Waals surface area contributed by atoms with Crippen molar-refractivity contribution in [2.75, 3.05) is 10.7 Å². The molecule has 6 nitrogen and oxygen atoms in total. The van der Waals surface area contributed by atoms with Gasteiger partial charge in [-0.15, -0.1) is 0 Å². The van der Waals surface area contributed by atoms with Crippen LogP contribution in [0.4, 0.5) is 5.69 Å². The Kier molecular flexibility index (Phi) is 5.76. The number of unbranched alkanes of at least 4 members (excludes halogenated alkanes) is 2. The number of hydrogen-bond acceptors (Lipinski definition) is 4. The summed E-state index contributed by atoms with van der Waals surface area (Å²) in [5.41, 5.74) is 1.86. The lowest BCUT2D eigenvalue weighted by Gasteiger charge is -2.30. The highest BCUT2D eigenvalue weighted by Crippen LogP contribution is 2.35. The van der Waals surface area contributed by atoms with Crippen LogP contribution in [0.3, 0.4) is 0 Å². The van der Waals surface area contributed by atoms with Crippen LogP contribution >= 0.6 is 11.8 Å². The molecule has 1 atom stereocenters. The predicted octanol–water partition coefficient (Wildman–Crippen LogP) is 3.28. The molecule has 0 bridgehead atoms. The number of thioether (sulfide) groups is 1.